The molecule has 5 rings (SSSR count). The van der Waals surface area contributed by atoms with Gasteiger partial charge in [-0.25, -0.2) is 0 Å². The van der Waals surface area contributed by atoms with Crippen molar-refractivity contribution in [3.05, 3.63) is 90.0 Å². The number of ether oxygens (including phenoxy) is 1. The highest BCUT2D eigenvalue weighted by Gasteiger charge is 2.40. The Balaban J connectivity index is 1.31. The smallest absolute Gasteiger partial charge is 0.250 e. The zero-order valence-electron chi connectivity index (χ0n) is 23.8. The lowest BCUT2D eigenvalue weighted by Gasteiger charge is -2.46. The van der Waals surface area contributed by atoms with E-state index in [1.807, 2.05) is 54.6 Å². The van der Waals surface area contributed by atoms with Gasteiger partial charge in [0.25, 0.3) is 0 Å². The predicted octanol–water partition coefficient (Wildman–Crippen LogP) is 7.39. The number of carbonyl (C=O) groups excluding carboxylic acids is 1. The van der Waals surface area contributed by atoms with E-state index in [0.717, 1.165) is 60.1 Å². The zero-order valence-corrected chi connectivity index (χ0v) is 23.8. The van der Waals surface area contributed by atoms with Crippen LogP contribution in [0.15, 0.2) is 78.9 Å². The molecule has 5 heteroatoms. The molecule has 3 aromatic rings. The molecule has 1 aliphatic carbocycles. The Kier molecular flexibility index (Phi) is 8.99. The summed E-state index contributed by atoms with van der Waals surface area (Å²) in [7, 11) is 0. The second-order valence-electron chi connectivity index (χ2n) is 11.8. The Hall–Kier alpha value is -3.46. The van der Waals surface area contributed by atoms with E-state index in [0.29, 0.717) is 11.6 Å². The normalized spacial score (nSPS) is 21.1. The van der Waals surface area contributed by atoms with E-state index in [1.165, 1.54) is 25.7 Å². The number of nitriles is 1. The van der Waals surface area contributed by atoms with Gasteiger partial charge in [-0.15, -0.1) is 0 Å². The fourth-order valence-corrected chi connectivity index (χ4v) is 6.56. The van der Waals surface area contributed by atoms with Gasteiger partial charge in [-0.05, 0) is 91.3 Å². The van der Waals surface area contributed by atoms with Crippen molar-refractivity contribution in [3.63, 3.8) is 0 Å². The van der Waals surface area contributed by atoms with E-state index in [9.17, 15) is 10.1 Å². The van der Waals surface area contributed by atoms with Gasteiger partial charge in [0.15, 0.2) is 0 Å². The lowest BCUT2D eigenvalue weighted by molar-refractivity contribution is -0.136. The Labute approximate surface area is 239 Å². The number of carbonyl (C=O) groups is 1. The molecule has 1 amide bonds. The number of para-hydroxylation sites is 1. The number of hydrogen-bond donors (Lipinski definition) is 1. The summed E-state index contributed by atoms with van der Waals surface area (Å²) in [5.41, 5.74) is 4.13. The quantitative estimate of drug-likeness (QED) is 0.327. The van der Waals surface area contributed by atoms with Crippen molar-refractivity contribution in [1.29, 1.82) is 5.26 Å². The fraction of sp³-hybridized carbons (Fsp3) is 0.429. The Morgan fingerprint density at radius 3 is 2.30 bits per heavy atom. The first-order valence-electron chi connectivity index (χ1n) is 14.8. The molecule has 0 aromatic heterocycles. The first-order valence-corrected chi connectivity index (χ1v) is 14.8. The lowest BCUT2D eigenvalue weighted by Crippen LogP contribution is -2.49. The fourth-order valence-electron chi connectivity index (χ4n) is 6.56. The Morgan fingerprint density at radius 2 is 1.65 bits per heavy atom. The Bertz CT molecular complexity index is 1300. The van der Waals surface area contributed by atoms with Crippen molar-refractivity contribution in [2.24, 2.45) is 11.8 Å². The number of piperidine rings is 1. The number of nitrogens with one attached hydrogen (secondary N) is 1. The van der Waals surface area contributed by atoms with Gasteiger partial charge in [0.05, 0.1) is 17.2 Å². The van der Waals surface area contributed by atoms with Crippen LogP contribution in [0.25, 0.3) is 11.1 Å². The number of likely N-dealkylation sites (tertiary alicyclic amines) is 1. The van der Waals surface area contributed by atoms with Crippen molar-refractivity contribution >= 4 is 11.6 Å². The summed E-state index contributed by atoms with van der Waals surface area (Å²) in [5.74, 6) is 1.50. The molecule has 5 nitrogen and oxygen atoms in total. The van der Waals surface area contributed by atoms with E-state index in [1.54, 1.807) is 0 Å². The monoisotopic (exact) mass is 535 g/mol. The summed E-state index contributed by atoms with van der Waals surface area (Å²) in [6.07, 6.45) is 6.94. The molecular weight excluding hydrogens is 494 g/mol. The van der Waals surface area contributed by atoms with Crippen LogP contribution < -0.4 is 5.32 Å². The largest absolute Gasteiger partial charge is 0.360 e. The topological polar surface area (TPSA) is 65.4 Å². The van der Waals surface area contributed by atoms with Crippen LogP contribution in [-0.2, 0) is 15.1 Å². The molecule has 40 heavy (non-hydrogen) atoms. The maximum absolute atomic E-state index is 12.9. The number of benzene rings is 3. The van der Waals surface area contributed by atoms with Crippen LogP contribution in [0.5, 0.6) is 0 Å². The van der Waals surface area contributed by atoms with Gasteiger partial charge in [-0.3, -0.25) is 4.79 Å². The van der Waals surface area contributed by atoms with Crippen molar-refractivity contribution in [2.75, 3.05) is 25.0 Å². The molecule has 1 saturated carbocycles. The third-order valence-corrected chi connectivity index (χ3v) is 9.08. The highest BCUT2D eigenvalue weighted by atomic mass is 16.5. The van der Waals surface area contributed by atoms with E-state index in [4.69, 9.17) is 4.74 Å². The van der Waals surface area contributed by atoms with Gasteiger partial charge in [0.1, 0.15) is 6.61 Å². The number of amides is 1. The second-order valence-corrected chi connectivity index (χ2v) is 11.8. The minimum Gasteiger partial charge on any atom is -0.360 e. The number of hydrogen-bond acceptors (Lipinski definition) is 4. The van der Waals surface area contributed by atoms with Crippen molar-refractivity contribution in [3.8, 4) is 17.2 Å². The van der Waals surface area contributed by atoms with E-state index >= 15 is 0 Å². The first-order chi connectivity index (χ1) is 19.5. The summed E-state index contributed by atoms with van der Waals surface area (Å²) >= 11 is 0. The SMILES string of the molecule is CC(C)C1CCC(N2CCC(OCC(=O)Nc3ccccc3)(c3ccc(-c4cccc(C#N)c4)cc3)CC2)CC1. The highest BCUT2D eigenvalue weighted by Crippen LogP contribution is 2.40. The van der Waals surface area contributed by atoms with Crippen LogP contribution in [0.4, 0.5) is 5.69 Å². The molecule has 3 aromatic carbocycles. The van der Waals surface area contributed by atoms with Gasteiger partial charge in [0, 0.05) is 24.8 Å². The summed E-state index contributed by atoms with van der Waals surface area (Å²) in [4.78, 5) is 15.5. The maximum Gasteiger partial charge on any atom is 0.250 e. The molecule has 1 aliphatic heterocycles. The second kappa shape index (κ2) is 12.8. The molecule has 2 fully saturated rings. The standard InChI is InChI=1S/C35H41N3O2/c1-26(2)28-13-17-33(18-14-28)38-21-19-35(20-22-38,40-25-34(39)37-32-9-4-3-5-10-32)31-15-11-29(12-16-31)30-8-6-7-27(23-30)24-36/h3-12,15-16,23,26,28,33H,13-14,17-22,25H2,1-2H3,(H,37,39). The average molecular weight is 536 g/mol. The molecule has 1 N–H and O–H groups in total. The van der Waals surface area contributed by atoms with Crippen molar-refractivity contribution in [2.45, 2.75) is 64.0 Å². The summed E-state index contributed by atoms with van der Waals surface area (Å²) < 4.78 is 6.58. The van der Waals surface area contributed by atoms with Crippen molar-refractivity contribution < 1.29 is 9.53 Å². The van der Waals surface area contributed by atoms with Crippen LogP contribution in [0.1, 0.15) is 63.5 Å². The minimum atomic E-state index is -0.507. The van der Waals surface area contributed by atoms with Crippen LogP contribution in [0.3, 0.4) is 0 Å². The van der Waals surface area contributed by atoms with Crippen LogP contribution in [0.2, 0.25) is 0 Å². The third-order valence-electron chi connectivity index (χ3n) is 9.08. The molecular formula is C35H41N3O2. The third kappa shape index (κ3) is 6.63. The average Bonchev–Trinajstić information content (AvgIpc) is 3.01. The molecule has 0 bridgehead atoms. The molecule has 0 radical (unpaired) electrons. The number of rotatable bonds is 8. The zero-order chi connectivity index (χ0) is 28.0. The number of nitrogens with zero attached hydrogens (tertiary/aromatic N) is 2. The molecule has 0 atom stereocenters. The van der Waals surface area contributed by atoms with E-state index < -0.39 is 5.60 Å². The summed E-state index contributed by atoms with van der Waals surface area (Å²) in [6.45, 7) is 6.68. The summed E-state index contributed by atoms with van der Waals surface area (Å²) in [6, 6.07) is 28.6. The maximum atomic E-state index is 12.9. The molecule has 1 saturated heterocycles. The van der Waals surface area contributed by atoms with Crippen LogP contribution in [-0.4, -0.2) is 36.5 Å². The van der Waals surface area contributed by atoms with Crippen molar-refractivity contribution in [1.82, 2.24) is 4.90 Å². The highest BCUT2D eigenvalue weighted by molar-refractivity contribution is 5.91. The van der Waals surface area contributed by atoms with Gasteiger partial charge < -0.3 is 15.0 Å². The summed E-state index contributed by atoms with van der Waals surface area (Å²) in [5, 5.41) is 12.3. The molecule has 0 spiro atoms. The molecule has 0 unspecified atom stereocenters. The molecule has 208 valence electrons. The predicted molar refractivity (Wildman–Crippen MR) is 161 cm³/mol. The number of anilines is 1. The Morgan fingerprint density at radius 1 is 0.950 bits per heavy atom. The molecule has 2 aliphatic rings. The van der Waals surface area contributed by atoms with Crippen LogP contribution >= 0.6 is 0 Å². The van der Waals surface area contributed by atoms with Gasteiger partial charge in [-0.2, -0.15) is 5.26 Å². The van der Waals surface area contributed by atoms with Gasteiger partial charge >= 0.3 is 0 Å². The first kappa shape index (κ1) is 28.1. The van der Waals surface area contributed by atoms with Gasteiger partial charge in [0.2, 0.25) is 5.91 Å². The van der Waals surface area contributed by atoms with E-state index in [-0.39, 0.29) is 12.5 Å². The van der Waals surface area contributed by atoms with Gasteiger partial charge in [-0.1, -0.05) is 68.4 Å². The minimum absolute atomic E-state index is 0.0142. The molecule has 1 heterocycles. The van der Waals surface area contributed by atoms with E-state index in [2.05, 4.69) is 54.4 Å². The lowest BCUT2D eigenvalue weighted by atomic mass is 9.77. The van der Waals surface area contributed by atoms with Crippen LogP contribution in [0, 0.1) is 23.2 Å².